The molecule has 2 aliphatic rings. The molecule has 4 rings (SSSR count). The van der Waals surface area contributed by atoms with Crippen LogP contribution in [0, 0.1) is 0 Å². The van der Waals surface area contributed by atoms with Gasteiger partial charge in [0.2, 0.25) is 11.9 Å². The number of halogens is 1. The molecule has 1 fully saturated rings. The van der Waals surface area contributed by atoms with Gasteiger partial charge in [-0.2, -0.15) is 4.99 Å². The molecule has 0 aromatic heterocycles. The Labute approximate surface area is 174 Å². The zero-order valence-electron chi connectivity index (χ0n) is 15.8. The average molecular weight is 412 g/mol. The Morgan fingerprint density at radius 1 is 1.03 bits per heavy atom. The Hall–Kier alpha value is -3.06. The van der Waals surface area contributed by atoms with E-state index in [1.165, 1.54) is 5.69 Å². The predicted octanol–water partition coefficient (Wildman–Crippen LogP) is 2.35. The molecule has 1 atom stereocenters. The third-order valence-electron chi connectivity index (χ3n) is 5.06. The van der Waals surface area contributed by atoms with Gasteiger partial charge < -0.3 is 20.4 Å². The Morgan fingerprint density at radius 3 is 2.41 bits per heavy atom. The number of amides is 2. The highest BCUT2D eigenvalue weighted by atomic mass is 35.5. The van der Waals surface area contributed by atoms with Crippen LogP contribution < -0.4 is 15.5 Å². The van der Waals surface area contributed by atoms with Gasteiger partial charge in [0.05, 0.1) is 17.1 Å². The third kappa shape index (κ3) is 4.51. The highest BCUT2D eigenvalue weighted by molar-refractivity contribution is 6.33. The highest BCUT2D eigenvalue weighted by Crippen LogP contribution is 2.21. The van der Waals surface area contributed by atoms with Crippen LogP contribution in [-0.2, 0) is 9.59 Å². The lowest BCUT2D eigenvalue weighted by Crippen LogP contribution is -2.52. The van der Waals surface area contributed by atoms with Gasteiger partial charge in [0.25, 0.3) is 5.91 Å². The number of piperazine rings is 1. The van der Waals surface area contributed by atoms with Gasteiger partial charge in [0, 0.05) is 31.9 Å². The van der Waals surface area contributed by atoms with E-state index < -0.39 is 6.04 Å². The van der Waals surface area contributed by atoms with Crippen molar-refractivity contribution >= 4 is 40.7 Å². The molecule has 2 heterocycles. The standard InChI is InChI=1S/C21H22ClN5O2/c22-16-8-4-5-9-17(16)23-19(28)14-18-20(29)25-21(24-18)27-12-10-26(11-13-27)15-6-2-1-3-7-15/h1-9,18H,10-14H2,(H,23,28)(H,24,25,29). The summed E-state index contributed by atoms with van der Waals surface area (Å²) in [6.07, 6.45) is 0.00103. The van der Waals surface area contributed by atoms with E-state index in [4.69, 9.17) is 11.6 Å². The van der Waals surface area contributed by atoms with Crippen LogP contribution in [0.5, 0.6) is 0 Å². The molecule has 29 heavy (non-hydrogen) atoms. The second-order valence-corrected chi connectivity index (χ2v) is 7.42. The lowest BCUT2D eigenvalue weighted by atomic mass is 10.2. The first-order valence-corrected chi connectivity index (χ1v) is 9.96. The number of carbonyl (C=O) groups excluding carboxylic acids is 2. The van der Waals surface area contributed by atoms with E-state index in [2.05, 4.69) is 37.6 Å². The number of carbonyl (C=O) groups is 2. The molecular weight excluding hydrogens is 390 g/mol. The maximum absolute atomic E-state index is 12.3. The zero-order chi connectivity index (χ0) is 20.2. The number of anilines is 2. The fourth-order valence-corrected chi connectivity index (χ4v) is 3.68. The minimum Gasteiger partial charge on any atom is -0.368 e. The number of aliphatic imine (C=N–C) groups is 1. The van der Waals surface area contributed by atoms with Gasteiger partial charge in [-0.25, -0.2) is 0 Å². The van der Waals surface area contributed by atoms with E-state index in [0.717, 1.165) is 26.2 Å². The van der Waals surface area contributed by atoms with Gasteiger partial charge in [-0.05, 0) is 24.3 Å². The second kappa shape index (κ2) is 8.53. The molecule has 0 radical (unpaired) electrons. The summed E-state index contributed by atoms with van der Waals surface area (Å²) in [6.45, 7) is 3.20. The molecule has 0 saturated carbocycles. The van der Waals surface area contributed by atoms with Crippen molar-refractivity contribution in [1.82, 2.24) is 10.2 Å². The largest absolute Gasteiger partial charge is 0.368 e. The monoisotopic (exact) mass is 411 g/mol. The van der Waals surface area contributed by atoms with Gasteiger partial charge in [-0.15, -0.1) is 0 Å². The van der Waals surface area contributed by atoms with Crippen LogP contribution >= 0.6 is 11.6 Å². The molecule has 0 aliphatic carbocycles. The van der Waals surface area contributed by atoms with E-state index in [0.29, 0.717) is 16.7 Å². The van der Waals surface area contributed by atoms with E-state index in [1.54, 1.807) is 24.3 Å². The summed E-state index contributed by atoms with van der Waals surface area (Å²) in [7, 11) is 0. The van der Waals surface area contributed by atoms with Crippen LogP contribution in [0.1, 0.15) is 6.42 Å². The molecule has 1 unspecified atom stereocenters. The Bertz CT molecular complexity index is 926. The maximum Gasteiger partial charge on any atom is 0.271 e. The quantitative estimate of drug-likeness (QED) is 0.807. The number of hydrogen-bond donors (Lipinski definition) is 2. The molecule has 2 N–H and O–H groups in total. The molecule has 0 spiro atoms. The molecule has 1 saturated heterocycles. The van der Waals surface area contributed by atoms with Crippen molar-refractivity contribution in [2.24, 2.45) is 4.99 Å². The van der Waals surface area contributed by atoms with Crippen molar-refractivity contribution in [3.63, 3.8) is 0 Å². The van der Waals surface area contributed by atoms with Crippen LogP contribution in [0.3, 0.4) is 0 Å². The van der Waals surface area contributed by atoms with Crippen LogP contribution in [0.15, 0.2) is 59.6 Å². The molecule has 7 nitrogen and oxygen atoms in total. The molecule has 2 aromatic carbocycles. The molecule has 2 amide bonds. The highest BCUT2D eigenvalue weighted by Gasteiger charge is 2.32. The summed E-state index contributed by atoms with van der Waals surface area (Å²) >= 11 is 6.06. The third-order valence-corrected chi connectivity index (χ3v) is 5.39. The smallest absolute Gasteiger partial charge is 0.271 e. The first kappa shape index (κ1) is 19.3. The van der Waals surface area contributed by atoms with Crippen LogP contribution in [0.4, 0.5) is 11.4 Å². The van der Waals surface area contributed by atoms with Crippen molar-refractivity contribution in [2.75, 3.05) is 36.4 Å². The predicted molar refractivity (Wildman–Crippen MR) is 114 cm³/mol. The fraction of sp³-hybridized carbons (Fsp3) is 0.286. The lowest BCUT2D eigenvalue weighted by Gasteiger charge is -2.37. The lowest BCUT2D eigenvalue weighted by molar-refractivity contribution is -0.123. The molecular formula is C21H22ClN5O2. The van der Waals surface area contributed by atoms with Crippen LogP contribution in [-0.4, -0.2) is 54.9 Å². The van der Waals surface area contributed by atoms with Crippen molar-refractivity contribution in [3.05, 3.63) is 59.6 Å². The first-order valence-electron chi connectivity index (χ1n) is 9.58. The number of nitrogens with zero attached hydrogens (tertiary/aromatic N) is 3. The summed E-state index contributed by atoms with van der Waals surface area (Å²) in [5, 5.41) is 6.31. The molecule has 2 aliphatic heterocycles. The molecule has 150 valence electrons. The Kier molecular flexibility index (Phi) is 5.67. The zero-order valence-corrected chi connectivity index (χ0v) is 16.6. The minimum atomic E-state index is -0.653. The number of para-hydroxylation sites is 2. The summed E-state index contributed by atoms with van der Waals surface area (Å²) in [5.74, 6) is -0.0488. The average Bonchev–Trinajstić information content (AvgIpc) is 3.11. The molecule has 2 aromatic rings. The summed E-state index contributed by atoms with van der Waals surface area (Å²) in [4.78, 5) is 33.1. The Balaban J connectivity index is 1.29. The fourth-order valence-electron chi connectivity index (χ4n) is 3.50. The van der Waals surface area contributed by atoms with Gasteiger partial charge in [0.1, 0.15) is 6.04 Å². The second-order valence-electron chi connectivity index (χ2n) is 7.01. The van der Waals surface area contributed by atoms with Crippen molar-refractivity contribution in [3.8, 4) is 0 Å². The number of benzene rings is 2. The van der Waals surface area contributed by atoms with Crippen LogP contribution in [0.25, 0.3) is 0 Å². The van der Waals surface area contributed by atoms with E-state index in [9.17, 15) is 9.59 Å². The minimum absolute atomic E-state index is 0.00103. The van der Waals surface area contributed by atoms with Gasteiger partial charge in [-0.1, -0.05) is 41.9 Å². The van der Waals surface area contributed by atoms with E-state index >= 15 is 0 Å². The van der Waals surface area contributed by atoms with Crippen molar-refractivity contribution in [1.29, 1.82) is 0 Å². The Morgan fingerprint density at radius 2 is 1.69 bits per heavy atom. The SMILES string of the molecule is O=C(CC1NC(N2CCN(c3ccccc3)CC2)=NC1=O)Nc1ccccc1Cl. The van der Waals surface area contributed by atoms with Gasteiger partial charge in [0.15, 0.2) is 0 Å². The van der Waals surface area contributed by atoms with Gasteiger partial charge >= 0.3 is 0 Å². The maximum atomic E-state index is 12.3. The number of nitrogens with one attached hydrogen (secondary N) is 2. The molecule has 8 heteroatoms. The summed E-state index contributed by atoms with van der Waals surface area (Å²) < 4.78 is 0. The van der Waals surface area contributed by atoms with Gasteiger partial charge in [-0.3, -0.25) is 9.59 Å². The number of rotatable bonds is 4. The van der Waals surface area contributed by atoms with E-state index in [-0.39, 0.29) is 18.2 Å². The number of hydrogen-bond acceptors (Lipinski definition) is 5. The summed E-state index contributed by atoms with van der Waals surface area (Å²) in [5.41, 5.74) is 1.72. The molecule has 0 bridgehead atoms. The topological polar surface area (TPSA) is 77.0 Å². The normalized spacial score (nSPS) is 19.0. The summed E-state index contributed by atoms with van der Waals surface area (Å²) in [6, 6.07) is 16.6. The first-order chi connectivity index (χ1) is 14.1. The van der Waals surface area contributed by atoms with E-state index in [1.807, 2.05) is 18.2 Å². The van der Waals surface area contributed by atoms with Crippen LogP contribution in [0.2, 0.25) is 5.02 Å². The number of guanidine groups is 1. The van der Waals surface area contributed by atoms with Crippen molar-refractivity contribution in [2.45, 2.75) is 12.5 Å². The van der Waals surface area contributed by atoms with Crippen molar-refractivity contribution < 1.29 is 9.59 Å².